The first kappa shape index (κ1) is 11.5. The Hall–Kier alpha value is -1.57. The van der Waals surface area contributed by atoms with Crippen LogP contribution in [0.3, 0.4) is 0 Å². The highest BCUT2D eigenvalue weighted by molar-refractivity contribution is 5.91. The fourth-order valence-corrected chi connectivity index (χ4v) is 2.33. The molecule has 1 aliphatic carbocycles. The van der Waals surface area contributed by atoms with E-state index in [-0.39, 0.29) is 5.41 Å². The molecule has 0 radical (unpaired) electrons. The second-order valence-electron chi connectivity index (χ2n) is 6.39. The first-order valence-electron chi connectivity index (χ1n) is 6.66. The zero-order valence-electron chi connectivity index (χ0n) is 11.3. The number of hydrogen-bond acceptors (Lipinski definition) is 2. The van der Waals surface area contributed by atoms with Crippen molar-refractivity contribution in [3.63, 3.8) is 0 Å². The average molecular weight is 240 g/mol. The van der Waals surface area contributed by atoms with Crippen LogP contribution in [0.1, 0.15) is 50.8 Å². The molecule has 3 rings (SSSR count). The number of benzene rings is 1. The molecule has 1 heterocycles. The summed E-state index contributed by atoms with van der Waals surface area (Å²) in [4.78, 5) is 4.74. The Balaban J connectivity index is 2.17. The minimum Gasteiger partial charge on any atom is -0.398 e. The summed E-state index contributed by atoms with van der Waals surface area (Å²) in [7, 11) is 0. The summed E-state index contributed by atoms with van der Waals surface area (Å²) >= 11 is 0. The van der Waals surface area contributed by atoms with Gasteiger partial charge in [-0.1, -0.05) is 26.8 Å². The molecule has 18 heavy (non-hydrogen) atoms. The van der Waals surface area contributed by atoms with E-state index in [4.69, 9.17) is 10.7 Å². The second kappa shape index (κ2) is 3.71. The molecule has 0 bridgehead atoms. The van der Waals surface area contributed by atoms with Crippen molar-refractivity contribution in [1.82, 2.24) is 4.98 Å². The van der Waals surface area contributed by atoms with Gasteiger partial charge in [-0.15, -0.1) is 0 Å². The molecule has 1 fully saturated rings. The molecule has 1 aliphatic rings. The van der Waals surface area contributed by atoms with Crippen molar-refractivity contribution in [3.8, 4) is 0 Å². The number of fused-ring (bicyclic) bond motifs is 1. The predicted molar refractivity (Wildman–Crippen MR) is 76.8 cm³/mol. The van der Waals surface area contributed by atoms with Crippen LogP contribution in [-0.4, -0.2) is 4.98 Å². The van der Waals surface area contributed by atoms with Gasteiger partial charge < -0.3 is 5.73 Å². The molecule has 1 aromatic carbocycles. The molecule has 2 heteroatoms. The van der Waals surface area contributed by atoms with Gasteiger partial charge in [0.2, 0.25) is 0 Å². The van der Waals surface area contributed by atoms with Gasteiger partial charge >= 0.3 is 0 Å². The maximum atomic E-state index is 6.19. The van der Waals surface area contributed by atoms with Crippen LogP contribution >= 0.6 is 0 Å². The molecule has 0 spiro atoms. The van der Waals surface area contributed by atoms with Crippen LogP contribution in [0.15, 0.2) is 24.3 Å². The van der Waals surface area contributed by atoms with Gasteiger partial charge in [0.25, 0.3) is 0 Å². The number of hydrogen-bond donors (Lipinski definition) is 1. The summed E-state index contributed by atoms with van der Waals surface area (Å²) in [6.07, 6.45) is 2.52. The highest BCUT2D eigenvalue weighted by Gasteiger charge is 2.26. The molecule has 2 nitrogen and oxygen atoms in total. The maximum Gasteiger partial charge on any atom is 0.0726 e. The quantitative estimate of drug-likeness (QED) is 0.818. The SMILES string of the molecule is CC(C)(C)c1ccc2nc(C3CC3)cc(N)c2c1. The Bertz CT molecular complexity index is 604. The lowest BCUT2D eigenvalue weighted by Gasteiger charge is -2.19. The molecule has 0 saturated heterocycles. The van der Waals surface area contributed by atoms with Crippen molar-refractivity contribution in [2.45, 2.75) is 44.9 Å². The largest absolute Gasteiger partial charge is 0.398 e. The predicted octanol–water partition coefficient (Wildman–Crippen LogP) is 3.99. The summed E-state index contributed by atoms with van der Waals surface area (Å²) in [5.41, 5.74) is 10.7. The maximum absolute atomic E-state index is 6.19. The van der Waals surface area contributed by atoms with Crippen LogP contribution < -0.4 is 5.73 Å². The van der Waals surface area contributed by atoms with Crippen molar-refractivity contribution in [2.75, 3.05) is 5.73 Å². The highest BCUT2D eigenvalue weighted by Crippen LogP contribution is 2.41. The van der Waals surface area contributed by atoms with E-state index in [0.717, 1.165) is 16.6 Å². The van der Waals surface area contributed by atoms with Gasteiger partial charge in [0.05, 0.1) is 5.52 Å². The summed E-state index contributed by atoms with van der Waals surface area (Å²) in [6.45, 7) is 6.66. The number of nitrogens with two attached hydrogens (primary N) is 1. The molecule has 2 aromatic rings. The van der Waals surface area contributed by atoms with Crippen LogP contribution in [0, 0.1) is 0 Å². The number of nitrogens with zero attached hydrogens (tertiary/aromatic N) is 1. The Morgan fingerprint density at radius 2 is 1.89 bits per heavy atom. The molecular weight excluding hydrogens is 220 g/mol. The van der Waals surface area contributed by atoms with Gasteiger partial charge in [-0.05, 0) is 42.0 Å². The number of rotatable bonds is 1. The highest BCUT2D eigenvalue weighted by atomic mass is 14.7. The summed E-state index contributed by atoms with van der Waals surface area (Å²) in [5.74, 6) is 0.652. The molecule has 94 valence electrons. The molecule has 0 amide bonds. The van der Waals surface area contributed by atoms with Gasteiger partial charge in [0.15, 0.2) is 0 Å². The molecule has 1 aromatic heterocycles. The summed E-state index contributed by atoms with van der Waals surface area (Å²) in [6, 6.07) is 8.53. The Morgan fingerprint density at radius 1 is 1.17 bits per heavy atom. The van der Waals surface area contributed by atoms with E-state index in [2.05, 4.69) is 45.0 Å². The number of pyridine rings is 1. The summed E-state index contributed by atoms with van der Waals surface area (Å²) in [5, 5.41) is 1.09. The number of anilines is 1. The van der Waals surface area contributed by atoms with Crippen molar-refractivity contribution in [3.05, 3.63) is 35.5 Å². The summed E-state index contributed by atoms with van der Waals surface area (Å²) < 4.78 is 0. The third-order valence-electron chi connectivity index (χ3n) is 3.72. The third-order valence-corrected chi connectivity index (χ3v) is 3.72. The van der Waals surface area contributed by atoms with Gasteiger partial charge in [0.1, 0.15) is 0 Å². The van der Waals surface area contributed by atoms with Crippen molar-refractivity contribution in [2.24, 2.45) is 0 Å². The topological polar surface area (TPSA) is 38.9 Å². The van der Waals surface area contributed by atoms with Crippen LogP contribution in [0.4, 0.5) is 5.69 Å². The zero-order chi connectivity index (χ0) is 12.9. The van der Waals surface area contributed by atoms with E-state index in [1.807, 2.05) is 0 Å². The minimum absolute atomic E-state index is 0.149. The lowest BCUT2D eigenvalue weighted by atomic mass is 9.86. The average Bonchev–Trinajstić information content (AvgIpc) is 3.11. The van der Waals surface area contributed by atoms with E-state index in [1.54, 1.807) is 0 Å². The molecule has 0 atom stereocenters. The van der Waals surface area contributed by atoms with E-state index >= 15 is 0 Å². The van der Waals surface area contributed by atoms with Crippen molar-refractivity contribution >= 4 is 16.6 Å². The third kappa shape index (κ3) is 1.96. The first-order valence-corrected chi connectivity index (χ1v) is 6.66. The monoisotopic (exact) mass is 240 g/mol. The van der Waals surface area contributed by atoms with E-state index < -0.39 is 0 Å². The Labute approximate surface area is 108 Å². The first-order chi connectivity index (χ1) is 8.45. The lowest BCUT2D eigenvalue weighted by Crippen LogP contribution is -2.11. The molecular formula is C16H20N2. The number of aromatic nitrogens is 1. The Kier molecular flexibility index (Phi) is 2.37. The van der Waals surface area contributed by atoms with Crippen LogP contribution in [0.25, 0.3) is 10.9 Å². The smallest absolute Gasteiger partial charge is 0.0726 e. The normalized spacial score (nSPS) is 16.2. The molecule has 2 N–H and O–H groups in total. The molecule has 0 unspecified atom stereocenters. The molecule has 0 aliphatic heterocycles. The van der Waals surface area contributed by atoms with Crippen LogP contribution in [0.2, 0.25) is 0 Å². The second-order valence-corrected chi connectivity index (χ2v) is 6.39. The molecule has 1 saturated carbocycles. The lowest BCUT2D eigenvalue weighted by molar-refractivity contribution is 0.591. The number of nitrogen functional groups attached to an aromatic ring is 1. The van der Waals surface area contributed by atoms with Gasteiger partial charge in [-0.3, -0.25) is 4.98 Å². The van der Waals surface area contributed by atoms with Gasteiger partial charge in [0, 0.05) is 22.7 Å². The van der Waals surface area contributed by atoms with Crippen molar-refractivity contribution in [1.29, 1.82) is 0 Å². The Morgan fingerprint density at radius 3 is 2.50 bits per heavy atom. The van der Waals surface area contributed by atoms with E-state index in [9.17, 15) is 0 Å². The van der Waals surface area contributed by atoms with Gasteiger partial charge in [-0.25, -0.2) is 0 Å². The fraction of sp³-hybridized carbons (Fsp3) is 0.438. The van der Waals surface area contributed by atoms with Crippen LogP contribution in [0.5, 0.6) is 0 Å². The zero-order valence-corrected chi connectivity index (χ0v) is 11.3. The van der Waals surface area contributed by atoms with Crippen molar-refractivity contribution < 1.29 is 0 Å². The van der Waals surface area contributed by atoms with E-state index in [1.165, 1.54) is 24.1 Å². The standard InChI is InChI=1S/C16H20N2/c1-16(2,3)11-6-7-14-12(8-11)13(17)9-15(18-14)10-4-5-10/h6-10H,4-5H2,1-3H3,(H2,17,18). The fourth-order valence-electron chi connectivity index (χ4n) is 2.33. The van der Waals surface area contributed by atoms with E-state index in [0.29, 0.717) is 5.92 Å². The minimum atomic E-state index is 0.149. The van der Waals surface area contributed by atoms with Crippen LogP contribution in [-0.2, 0) is 5.41 Å². The van der Waals surface area contributed by atoms with Gasteiger partial charge in [-0.2, -0.15) is 0 Å².